The van der Waals surface area contributed by atoms with Gasteiger partial charge in [0.2, 0.25) is 0 Å². The fourth-order valence-corrected chi connectivity index (χ4v) is 0. The third kappa shape index (κ3) is 4.43. The molecule has 0 aliphatic heterocycles. The van der Waals surface area contributed by atoms with Gasteiger partial charge in [-0.05, 0) is 0 Å². The molecule has 0 spiro atoms. The van der Waals surface area contributed by atoms with Crippen LogP contribution in [0.2, 0.25) is 26.2 Å². The summed E-state index contributed by atoms with van der Waals surface area (Å²) >= 11 is 0. The summed E-state index contributed by atoms with van der Waals surface area (Å²) in [6.45, 7) is 9.61. The SMILES string of the molecule is C[SiH][Si](C)(C)C. The average molecular weight is 117 g/mol. The van der Waals surface area contributed by atoms with Crippen molar-refractivity contribution in [3.05, 3.63) is 0 Å². The van der Waals surface area contributed by atoms with E-state index in [0.29, 0.717) is 0 Å². The predicted molar refractivity (Wildman–Crippen MR) is 36.4 cm³/mol. The highest BCUT2D eigenvalue weighted by atomic mass is 29.2. The fraction of sp³-hybridized carbons (Fsp3) is 1.00. The normalized spacial score (nSPS) is 12.0. The first-order valence-corrected chi connectivity index (χ1v) is 8.83. The Labute approximate surface area is 43.6 Å². The Balaban J connectivity index is 3.17. The van der Waals surface area contributed by atoms with Crippen molar-refractivity contribution in [3.8, 4) is 0 Å². The van der Waals surface area contributed by atoms with Crippen LogP contribution in [0.15, 0.2) is 0 Å². The highest BCUT2D eigenvalue weighted by molar-refractivity contribution is 7.22. The van der Waals surface area contributed by atoms with Crippen molar-refractivity contribution >= 4 is 16.6 Å². The number of hydrogen-bond donors (Lipinski definition) is 0. The lowest BCUT2D eigenvalue weighted by Crippen LogP contribution is -2.26. The molecular weight excluding hydrogens is 104 g/mol. The van der Waals surface area contributed by atoms with Gasteiger partial charge in [0.1, 0.15) is 0 Å². The van der Waals surface area contributed by atoms with Crippen LogP contribution in [0.5, 0.6) is 0 Å². The topological polar surface area (TPSA) is 0 Å². The van der Waals surface area contributed by atoms with Crippen molar-refractivity contribution < 1.29 is 0 Å². The largest absolute Gasteiger partial charge is 0.0761 e. The van der Waals surface area contributed by atoms with Gasteiger partial charge in [-0.15, -0.1) is 0 Å². The van der Waals surface area contributed by atoms with Gasteiger partial charge < -0.3 is 0 Å². The summed E-state index contributed by atoms with van der Waals surface area (Å²) in [7, 11) is 0.251. The molecule has 0 aliphatic carbocycles. The zero-order chi connectivity index (χ0) is 5.21. The molecule has 0 fully saturated rings. The standard InChI is InChI=1S/C4H13Si2/c1-5-6(2,3)4/h5H,1-4H3. The lowest BCUT2D eigenvalue weighted by Gasteiger charge is -2.08. The van der Waals surface area contributed by atoms with E-state index < -0.39 is 7.59 Å². The molecule has 0 nitrogen and oxygen atoms in total. The van der Waals surface area contributed by atoms with Crippen LogP contribution in [0, 0.1) is 0 Å². The second kappa shape index (κ2) is 1.93. The highest BCUT2D eigenvalue weighted by Gasteiger charge is 2.07. The Morgan fingerprint density at radius 1 is 1.17 bits per heavy atom. The molecule has 0 N–H and O–H groups in total. The van der Waals surface area contributed by atoms with Gasteiger partial charge in [0.25, 0.3) is 0 Å². The van der Waals surface area contributed by atoms with E-state index in [1.807, 2.05) is 0 Å². The lowest BCUT2D eigenvalue weighted by molar-refractivity contribution is 1.85. The molecular formula is C4H13Si2. The summed E-state index contributed by atoms with van der Waals surface area (Å²) in [5.74, 6) is 0. The number of rotatable bonds is 1. The quantitative estimate of drug-likeness (QED) is 0.454. The molecule has 1 radical (unpaired) electrons. The minimum Gasteiger partial charge on any atom is -0.0761 e. The van der Waals surface area contributed by atoms with E-state index in [0.717, 1.165) is 9.04 Å². The van der Waals surface area contributed by atoms with Crippen LogP contribution in [0.1, 0.15) is 0 Å². The summed E-state index contributed by atoms with van der Waals surface area (Å²) < 4.78 is 0. The Morgan fingerprint density at radius 3 is 1.33 bits per heavy atom. The molecule has 0 rings (SSSR count). The molecule has 0 heterocycles. The Kier molecular flexibility index (Phi) is 2.07. The molecule has 0 amide bonds. The van der Waals surface area contributed by atoms with E-state index in [1.165, 1.54) is 0 Å². The minimum atomic E-state index is -0.548. The Morgan fingerprint density at radius 2 is 1.33 bits per heavy atom. The molecule has 2 heteroatoms. The second-order valence-electron chi connectivity index (χ2n) is 2.65. The van der Waals surface area contributed by atoms with Gasteiger partial charge >= 0.3 is 0 Å². The molecule has 0 aromatic heterocycles. The third-order valence-corrected chi connectivity index (χ3v) is 7.79. The minimum absolute atomic E-state index is 0.548. The smallest absolute Gasteiger partial charge is 0.0315 e. The van der Waals surface area contributed by atoms with E-state index in [9.17, 15) is 0 Å². The van der Waals surface area contributed by atoms with Gasteiger partial charge in [-0.25, -0.2) is 0 Å². The maximum absolute atomic E-state index is 2.42. The van der Waals surface area contributed by atoms with Gasteiger partial charge in [0.15, 0.2) is 0 Å². The Bertz CT molecular complexity index is 35.3. The van der Waals surface area contributed by atoms with E-state index in [-0.39, 0.29) is 0 Å². The molecule has 0 unspecified atom stereocenters. The first-order chi connectivity index (χ1) is 2.56. The van der Waals surface area contributed by atoms with E-state index in [2.05, 4.69) is 26.2 Å². The van der Waals surface area contributed by atoms with Crippen LogP contribution in [0.25, 0.3) is 0 Å². The van der Waals surface area contributed by atoms with Crippen molar-refractivity contribution in [2.45, 2.75) is 26.2 Å². The zero-order valence-electron chi connectivity index (χ0n) is 5.08. The van der Waals surface area contributed by atoms with Gasteiger partial charge in [-0.2, -0.15) is 0 Å². The van der Waals surface area contributed by atoms with Gasteiger partial charge in [-0.3, -0.25) is 0 Å². The van der Waals surface area contributed by atoms with Crippen molar-refractivity contribution in [2.75, 3.05) is 0 Å². The van der Waals surface area contributed by atoms with Crippen molar-refractivity contribution in [1.82, 2.24) is 0 Å². The first-order valence-electron chi connectivity index (χ1n) is 2.37. The summed E-state index contributed by atoms with van der Waals surface area (Å²) in [6.07, 6.45) is 0. The summed E-state index contributed by atoms with van der Waals surface area (Å²) in [6, 6.07) is 0. The first kappa shape index (κ1) is 6.43. The van der Waals surface area contributed by atoms with E-state index >= 15 is 0 Å². The predicted octanol–water partition coefficient (Wildman–Crippen LogP) is 1.31. The summed E-state index contributed by atoms with van der Waals surface area (Å²) in [4.78, 5) is 0. The van der Waals surface area contributed by atoms with E-state index in [4.69, 9.17) is 0 Å². The van der Waals surface area contributed by atoms with Gasteiger partial charge in [0.05, 0.1) is 0 Å². The maximum Gasteiger partial charge on any atom is 0.0315 e. The Hall–Kier alpha value is 0.434. The molecule has 0 saturated heterocycles. The third-order valence-electron chi connectivity index (χ3n) is 0.866. The van der Waals surface area contributed by atoms with Crippen LogP contribution in [-0.2, 0) is 0 Å². The molecule has 0 aromatic carbocycles. The molecule has 0 atom stereocenters. The molecule has 6 heavy (non-hydrogen) atoms. The fourth-order valence-electron chi connectivity index (χ4n) is 0. The van der Waals surface area contributed by atoms with Crippen LogP contribution in [0.3, 0.4) is 0 Å². The van der Waals surface area contributed by atoms with Crippen LogP contribution >= 0.6 is 0 Å². The molecule has 0 saturated carbocycles. The lowest BCUT2D eigenvalue weighted by atomic mass is 11.8. The van der Waals surface area contributed by atoms with Gasteiger partial charge in [0, 0.05) is 16.6 Å². The summed E-state index contributed by atoms with van der Waals surface area (Å²) in [5, 5.41) is 0. The zero-order valence-corrected chi connectivity index (χ0v) is 7.23. The van der Waals surface area contributed by atoms with Crippen LogP contribution in [-0.4, -0.2) is 16.6 Å². The maximum atomic E-state index is 2.42. The van der Waals surface area contributed by atoms with Gasteiger partial charge in [-0.1, -0.05) is 26.2 Å². The number of hydrogen-bond acceptors (Lipinski definition) is 0. The van der Waals surface area contributed by atoms with Crippen molar-refractivity contribution in [1.29, 1.82) is 0 Å². The average Bonchev–Trinajstić information content (AvgIpc) is 1.35. The van der Waals surface area contributed by atoms with Crippen LogP contribution < -0.4 is 0 Å². The van der Waals surface area contributed by atoms with Crippen molar-refractivity contribution in [3.63, 3.8) is 0 Å². The van der Waals surface area contributed by atoms with E-state index in [1.54, 1.807) is 0 Å². The van der Waals surface area contributed by atoms with Crippen LogP contribution in [0.4, 0.5) is 0 Å². The highest BCUT2D eigenvalue weighted by Crippen LogP contribution is 1.94. The second-order valence-corrected chi connectivity index (χ2v) is 14.9. The molecule has 37 valence electrons. The molecule has 0 aromatic rings. The molecule has 0 bridgehead atoms. The molecule has 0 aliphatic rings. The summed E-state index contributed by atoms with van der Waals surface area (Å²) in [5.41, 5.74) is 0. The van der Waals surface area contributed by atoms with Crippen molar-refractivity contribution in [2.24, 2.45) is 0 Å². The monoisotopic (exact) mass is 117 g/mol.